The molecule has 1 aromatic heterocycles. The van der Waals surface area contributed by atoms with Crippen molar-refractivity contribution in [3.8, 4) is 0 Å². The summed E-state index contributed by atoms with van der Waals surface area (Å²) in [6.45, 7) is 2.20. The molecule has 3 aromatic rings. The topological polar surface area (TPSA) is 227 Å². The molecular weight excluding hydrogens is 516 g/mol. The zero-order valence-corrected chi connectivity index (χ0v) is 20.9. The van der Waals surface area contributed by atoms with Crippen molar-refractivity contribution < 1.29 is 34.8 Å². The van der Waals surface area contributed by atoms with Crippen LogP contribution in [0.15, 0.2) is 53.3 Å². The molecule has 1 heterocycles. The number of H-pyrrole nitrogens is 1. The molecule has 15 heteroatoms. The summed E-state index contributed by atoms with van der Waals surface area (Å²) in [4.78, 5) is 30.2. The molecule has 0 aliphatic rings. The number of hydrogen-bond acceptors (Lipinski definition) is 12. The van der Waals surface area contributed by atoms with Crippen LogP contribution in [0.1, 0.15) is 31.9 Å². The zero-order valence-electron chi connectivity index (χ0n) is 19.2. The van der Waals surface area contributed by atoms with Crippen molar-refractivity contribution in [3.63, 3.8) is 0 Å². The Morgan fingerprint density at radius 1 is 0.889 bits per heavy atom. The second kappa shape index (κ2) is 18.2. The summed E-state index contributed by atoms with van der Waals surface area (Å²) in [5.74, 6) is -0.187. The number of carbonyl (C=O) groups excluding carboxylic acids is 1. The monoisotopic (exact) mass is 542 g/mol. The second-order valence-corrected chi connectivity index (χ2v) is 7.40. The van der Waals surface area contributed by atoms with E-state index in [0.717, 1.165) is 17.5 Å². The van der Waals surface area contributed by atoms with E-state index >= 15 is 0 Å². The van der Waals surface area contributed by atoms with E-state index in [0.29, 0.717) is 42.9 Å². The highest BCUT2D eigenvalue weighted by Gasteiger charge is 2.06. The highest BCUT2D eigenvalue weighted by Crippen LogP contribution is 2.10. The Morgan fingerprint density at radius 3 is 1.89 bits per heavy atom. The number of nitrogens with one attached hydrogen (secondary N) is 1. The number of benzene rings is 2. The van der Waals surface area contributed by atoms with Crippen molar-refractivity contribution in [1.82, 2.24) is 9.97 Å². The summed E-state index contributed by atoms with van der Waals surface area (Å²) in [6.07, 6.45) is 2.40. The first kappa shape index (κ1) is 31.9. The lowest BCUT2D eigenvalue weighted by Gasteiger charge is -2.03. The molecule has 0 aliphatic heterocycles. The Bertz CT molecular complexity index is 1330. The number of nitrogens with zero attached hydrogens (tertiary/aromatic N) is 1. The van der Waals surface area contributed by atoms with Crippen LogP contribution in [-0.2, 0) is 37.2 Å². The maximum atomic E-state index is 11.9. The van der Waals surface area contributed by atoms with Gasteiger partial charge in [0, 0.05) is 6.42 Å². The average Bonchev–Trinajstić information content (AvgIpc) is 2.79. The number of carbonyl (C=O) groups is 1. The van der Waals surface area contributed by atoms with Crippen LogP contribution in [0.4, 0.5) is 11.4 Å². The molecule has 0 amide bonds. The first-order chi connectivity index (χ1) is 17.0. The van der Waals surface area contributed by atoms with Gasteiger partial charge in [-0.25, -0.2) is 4.98 Å². The Kier molecular flexibility index (Phi) is 16.2. The second-order valence-electron chi connectivity index (χ2n) is 6.58. The van der Waals surface area contributed by atoms with Crippen molar-refractivity contribution >= 4 is 49.6 Å². The van der Waals surface area contributed by atoms with Crippen LogP contribution in [0.3, 0.4) is 0 Å². The van der Waals surface area contributed by atoms with E-state index in [2.05, 4.69) is 9.97 Å². The summed E-state index contributed by atoms with van der Waals surface area (Å²) in [5.41, 5.74) is 14.0. The number of anilines is 2. The average molecular weight is 543 g/mol. The molecule has 0 saturated carbocycles. The Morgan fingerprint density at radius 2 is 1.39 bits per heavy atom. The number of aromatic amines is 1. The van der Waals surface area contributed by atoms with E-state index in [1.807, 2.05) is 36.4 Å². The van der Waals surface area contributed by atoms with Crippen LogP contribution in [0.2, 0.25) is 0 Å². The maximum Gasteiger partial charge on any atom is 0.425 e. The minimum atomic E-state index is -3.11. The molecule has 0 radical (unpaired) electrons. The minimum Gasteiger partial charge on any atom is -0.466 e. The van der Waals surface area contributed by atoms with Gasteiger partial charge in [0.2, 0.25) is 0 Å². The Labute approximate surface area is 209 Å². The molecule has 13 nitrogen and oxygen atoms in total. The number of fused-ring (bicyclic) bond motifs is 1. The number of para-hydroxylation sites is 4. The molecule has 196 valence electrons. The molecule has 2 aromatic carbocycles. The normalized spacial score (nSPS) is 9.25. The van der Waals surface area contributed by atoms with Gasteiger partial charge >= 0.3 is 27.2 Å². The van der Waals surface area contributed by atoms with Crippen molar-refractivity contribution in [1.29, 1.82) is 0 Å². The summed E-state index contributed by atoms with van der Waals surface area (Å²) >= 11 is 0. The van der Waals surface area contributed by atoms with Crippen molar-refractivity contribution in [2.75, 3.05) is 18.1 Å². The van der Waals surface area contributed by atoms with E-state index in [1.165, 1.54) is 0 Å². The number of aryl methyl sites for hydroxylation is 1. The number of ether oxygens (including phenoxy) is 1. The molecule has 0 bridgehead atoms. The van der Waals surface area contributed by atoms with Crippen molar-refractivity contribution in [2.24, 2.45) is 0 Å². The van der Waals surface area contributed by atoms with Crippen LogP contribution in [-0.4, -0.2) is 47.8 Å². The highest BCUT2D eigenvalue weighted by molar-refractivity contribution is 7.59. The molecule has 0 fully saturated rings. The highest BCUT2D eigenvalue weighted by atomic mass is 32.2. The third-order valence-corrected chi connectivity index (χ3v) is 4.02. The van der Waals surface area contributed by atoms with E-state index < -0.39 is 21.2 Å². The SMILES string of the molecule is CCOC(=O)CCCCc1nc2ccccc2[nH]c1=O.Nc1ccccc1N.O=S(=O)=O.O=S(=O)=O. The summed E-state index contributed by atoms with van der Waals surface area (Å²) in [7, 11) is -6.22. The van der Waals surface area contributed by atoms with Gasteiger partial charge in [-0.1, -0.05) is 24.3 Å². The van der Waals surface area contributed by atoms with Gasteiger partial charge in [0.1, 0.15) is 5.69 Å². The number of rotatable bonds is 6. The number of aromatic nitrogens is 2. The zero-order chi connectivity index (χ0) is 27.5. The largest absolute Gasteiger partial charge is 0.466 e. The third kappa shape index (κ3) is 15.7. The predicted octanol–water partition coefficient (Wildman–Crippen LogP) is 1.04. The van der Waals surface area contributed by atoms with Crippen LogP contribution >= 0.6 is 0 Å². The third-order valence-electron chi connectivity index (χ3n) is 4.02. The van der Waals surface area contributed by atoms with Gasteiger partial charge < -0.3 is 21.2 Å². The first-order valence-electron chi connectivity index (χ1n) is 10.2. The number of unbranched alkanes of at least 4 members (excludes halogenated alkanes) is 1. The van der Waals surface area contributed by atoms with Crippen molar-refractivity contribution in [2.45, 2.75) is 32.6 Å². The molecule has 0 spiro atoms. The lowest BCUT2D eigenvalue weighted by Crippen LogP contribution is -2.15. The number of nitrogen functional groups attached to an aromatic ring is 2. The standard InChI is InChI=1S/C15H18N2O3.C6H8N2.2O3S/c1-2-20-14(18)10-6-5-9-13-15(19)17-12-8-4-3-7-11(12)16-13;7-5-3-1-2-4-6(5)8;2*1-4(2)3/h3-4,7-8H,2,5-6,9-10H2,1H3,(H,17,19);1-4H,7-8H2;;. The fourth-order valence-electron chi connectivity index (χ4n) is 2.54. The van der Waals surface area contributed by atoms with Crippen LogP contribution in [0.25, 0.3) is 11.0 Å². The van der Waals surface area contributed by atoms with E-state index in [1.54, 1.807) is 19.1 Å². The molecule has 0 saturated heterocycles. The van der Waals surface area contributed by atoms with Crippen LogP contribution in [0, 0.1) is 0 Å². The minimum absolute atomic E-state index is 0.153. The van der Waals surface area contributed by atoms with Gasteiger partial charge in [-0.15, -0.1) is 25.3 Å². The summed E-state index contributed by atoms with van der Waals surface area (Å²) in [6, 6.07) is 14.7. The molecule has 3 rings (SSSR count). The van der Waals surface area contributed by atoms with Gasteiger partial charge in [-0.2, -0.15) is 0 Å². The fraction of sp³-hybridized carbons (Fsp3) is 0.286. The summed E-state index contributed by atoms with van der Waals surface area (Å²) < 4.78 is 55.5. The lowest BCUT2D eigenvalue weighted by atomic mass is 10.1. The fourth-order valence-corrected chi connectivity index (χ4v) is 2.54. The molecule has 0 unspecified atom stereocenters. The molecular formula is C21H26N4O9S2. The van der Waals surface area contributed by atoms with Gasteiger partial charge in [-0.3, -0.25) is 9.59 Å². The Balaban J connectivity index is 0.000000625. The molecule has 36 heavy (non-hydrogen) atoms. The quantitative estimate of drug-likeness (QED) is 0.225. The van der Waals surface area contributed by atoms with Gasteiger partial charge in [0.25, 0.3) is 5.56 Å². The summed E-state index contributed by atoms with van der Waals surface area (Å²) in [5, 5.41) is 0. The lowest BCUT2D eigenvalue weighted by molar-refractivity contribution is -0.143. The van der Waals surface area contributed by atoms with Gasteiger partial charge in [0.15, 0.2) is 0 Å². The van der Waals surface area contributed by atoms with Gasteiger partial charge in [0.05, 0.1) is 29.0 Å². The molecule has 0 aliphatic carbocycles. The van der Waals surface area contributed by atoms with E-state index in [4.69, 9.17) is 41.5 Å². The van der Waals surface area contributed by atoms with Crippen LogP contribution < -0.4 is 17.0 Å². The number of esters is 1. The smallest absolute Gasteiger partial charge is 0.425 e. The Hall–Kier alpha value is -4.11. The van der Waals surface area contributed by atoms with E-state index in [-0.39, 0.29) is 11.5 Å². The number of hydrogen-bond donors (Lipinski definition) is 3. The predicted molar refractivity (Wildman–Crippen MR) is 131 cm³/mol. The number of nitrogens with two attached hydrogens (primary N) is 2. The van der Waals surface area contributed by atoms with E-state index in [9.17, 15) is 9.59 Å². The maximum absolute atomic E-state index is 11.9. The molecule has 0 atom stereocenters. The van der Waals surface area contributed by atoms with Gasteiger partial charge in [-0.05, 0) is 50.5 Å². The van der Waals surface area contributed by atoms with Crippen molar-refractivity contribution in [3.05, 3.63) is 64.6 Å². The van der Waals surface area contributed by atoms with Crippen LogP contribution in [0.5, 0.6) is 0 Å². The first-order valence-corrected chi connectivity index (χ1v) is 12.2. The molecule has 5 N–H and O–H groups in total.